The molecule has 0 spiro atoms. The van der Waals surface area contributed by atoms with Gasteiger partial charge in [0, 0.05) is 32.2 Å². The molecule has 46 heavy (non-hydrogen) atoms. The number of morpholine rings is 1. The van der Waals surface area contributed by atoms with Crippen LogP contribution in [0.15, 0.2) is 71.5 Å². The minimum atomic E-state index is -0.268. The van der Waals surface area contributed by atoms with Crippen molar-refractivity contribution in [2.75, 3.05) is 40.0 Å². The van der Waals surface area contributed by atoms with Gasteiger partial charge in [-0.25, -0.2) is 9.99 Å². The molecule has 0 aliphatic carbocycles. The standard InChI is InChI=1S/C33H36N8O5/c1-3-6-30-34-29-14-13-25(46-21-31(42)36-39-15-17-45-18-16-39)19-28(29)33(43)40(30)20-23-9-11-24(12-10-23)26-7-4-5-8-27(26)32-35-37-38-41(32)22-44-2/h4-5,7-14,19H,3,6,15-18,20-22H2,1-2H3,(H,36,42). The van der Waals surface area contributed by atoms with E-state index in [1.54, 1.807) is 34.6 Å². The van der Waals surface area contributed by atoms with Gasteiger partial charge in [-0.05, 0) is 51.7 Å². The number of fused-ring (bicyclic) bond motifs is 1. The topological polar surface area (TPSA) is 139 Å². The monoisotopic (exact) mass is 624 g/mol. The fourth-order valence-corrected chi connectivity index (χ4v) is 5.45. The molecule has 3 heterocycles. The molecule has 0 radical (unpaired) electrons. The molecule has 6 rings (SSSR count). The maximum absolute atomic E-state index is 13.9. The Morgan fingerprint density at radius 2 is 1.80 bits per heavy atom. The van der Waals surface area contributed by atoms with Crippen molar-refractivity contribution in [1.29, 1.82) is 0 Å². The Hall–Kier alpha value is -4.98. The van der Waals surface area contributed by atoms with Crippen molar-refractivity contribution in [3.05, 3.63) is 88.5 Å². The van der Waals surface area contributed by atoms with Gasteiger partial charge in [0.2, 0.25) is 0 Å². The number of aryl methyl sites for hydroxylation is 1. The predicted molar refractivity (Wildman–Crippen MR) is 171 cm³/mol. The Kier molecular flexibility index (Phi) is 9.72. The van der Waals surface area contributed by atoms with Crippen LogP contribution in [0.4, 0.5) is 0 Å². The molecule has 5 aromatic rings. The van der Waals surface area contributed by atoms with Crippen LogP contribution in [-0.2, 0) is 34.0 Å². The number of ether oxygens (including phenoxy) is 3. The van der Waals surface area contributed by atoms with Gasteiger partial charge in [0.05, 0.1) is 30.7 Å². The average molecular weight is 625 g/mol. The van der Waals surface area contributed by atoms with E-state index < -0.39 is 0 Å². The highest BCUT2D eigenvalue weighted by Gasteiger charge is 2.17. The predicted octanol–water partition coefficient (Wildman–Crippen LogP) is 3.06. The van der Waals surface area contributed by atoms with Gasteiger partial charge >= 0.3 is 0 Å². The second-order valence-electron chi connectivity index (χ2n) is 10.9. The van der Waals surface area contributed by atoms with E-state index in [1.165, 1.54) is 0 Å². The summed E-state index contributed by atoms with van der Waals surface area (Å²) in [6.45, 7) is 4.88. The van der Waals surface area contributed by atoms with E-state index in [-0.39, 0.29) is 24.8 Å². The van der Waals surface area contributed by atoms with Crippen molar-refractivity contribution in [3.63, 3.8) is 0 Å². The molecule has 13 heteroatoms. The maximum Gasteiger partial charge on any atom is 0.272 e. The third kappa shape index (κ3) is 6.96. The molecule has 0 unspecified atom stereocenters. The molecule has 0 atom stereocenters. The van der Waals surface area contributed by atoms with Crippen LogP contribution in [0.3, 0.4) is 0 Å². The summed E-state index contributed by atoms with van der Waals surface area (Å²) in [5.74, 6) is 1.49. The molecule has 1 amide bonds. The number of carbonyl (C=O) groups is 1. The van der Waals surface area contributed by atoms with Crippen molar-refractivity contribution >= 4 is 16.8 Å². The summed E-state index contributed by atoms with van der Waals surface area (Å²) in [5.41, 5.74) is 7.07. The van der Waals surface area contributed by atoms with Crippen molar-refractivity contribution < 1.29 is 19.0 Å². The third-order valence-corrected chi connectivity index (χ3v) is 7.70. The normalized spacial score (nSPS) is 13.6. The second-order valence-corrected chi connectivity index (χ2v) is 10.9. The zero-order valence-electron chi connectivity index (χ0n) is 25.9. The molecular weight excluding hydrogens is 588 g/mol. The Bertz CT molecular complexity index is 1860. The van der Waals surface area contributed by atoms with E-state index in [0.717, 1.165) is 34.5 Å². The number of methoxy groups -OCH3 is 1. The van der Waals surface area contributed by atoms with Crippen LogP contribution in [0, 0.1) is 0 Å². The molecule has 1 fully saturated rings. The lowest BCUT2D eigenvalue weighted by Crippen LogP contribution is -2.49. The number of nitrogens with zero attached hydrogens (tertiary/aromatic N) is 7. The zero-order valence-corrected chi connectivity index (χ0v) is 25.9. The molecule has 13 nitrogen and oxygen atoms in total. The number of nitrogens with one attached hydrogen (secondary N) is 1. The van der Waals surface area contributed by atoms with E-state index in [0.29, 0.717) is 61.7 Å². The van der Waals surface area contributed by atoms with Crippen LogP contribution in [0.2, 0.25) is 0 Å². The van der Waals surface area contributed by atoms with Crippen molar-refractivity contribution in [2.24, 2.45) is 0 Å². The number of aromatic nitrogens is 6. The molecule has 1 saturated heterocycles. The highest BCUT2D eigenvalue weighted by atomic mass is 16.5. The maximum atomic E-state index is 13.9. The van der Waals surface area contributed by atoms with Gasteiger partial charge in [-0.1, -0.05) is 55.5 Å². The van der Waals surface area contributed by atoms with E-state index in [4.69, 9.17) is 19.2 Å². The average Bonchev–Trinajstić information content (AvgIpc) is 3.55. The molecule has 1 aliphatic heterocycles. The summed E-state index contributed by atoms with van der Waals surface area (Å²) in [5, 5.41) is 14.3. The van der Waals surface area contributed by atoms with E-state index in [1.807, 2.05) is 53.5 Å². The van der Waals surface area contributed by atoms with Crippen LogP contribution >= 0.6 is 0 Å². The second kappa shape index (κ2) is 14.4. The van der Waals surface area contributed by atoms with E-state index in [2.05, 4.69) is 27.9 Å². The van der Waals surface area contributed by atoms with Crippen molar-refractivity contribution in [3.8, 4) is 28.3 Å². The van der Waals surface area contributed by atoms with Crippen LogP contribution < -0.4 is 15.7 Å². The lowest BCUT2D eigenvalue weighted by atomic mass is 9.98. The SMILES string of the molecule is CCCc1nc2ccc(OCC(=O)NN3CCOCC3)cc2c(=O)n1Cc1ccc(-c2ccccc2-c2nnnn2COC)cc1. The fraction of sp³-hybridized carbons (Fsp3) is 0.333. The summed E-state index contributed by atoms with van der Waals surface area (Å²) >= 11 is 0. The first-order chi connectivity index (χ1) is 22.5. The molecule has 1 N–H and O–H groups in total. The number of hydrogen-bond donors (Lipinski definition) is 1. The molecule has 3 aromatic carbocycles. The smallest absolute Gasteiger partial charge is 0.272 e. The Morgan fingerprint density at radius 3 is 2.57 bits per heavy atom. The van der Waals surface area contributed by atoms with Gasteiger partial charge in [0.15, 0.2) is 12.4 Å². The van der Waals surface area contributed by atoms with Crippen molar-refractivity contribution in [2.45, 2.75) is 33.0 Å². The summed E-state index contributed by atoms with van der Waals surface area (Å²) < 4.78 is 19.6. The van der Waals surface area contributed by atoms with Crippen LogP contribution in [0.1, 0.15) is 24.7 Å². The summed E-state index contributed by atoms with van der Waals surface area (Å²) in [7, 11) is 1.60. The van der Waals surface area contributed by atoms with Gasteiger partial charge in [-0.3, -0.25) is 19.6 Å². The van der Waals surface area contributed by atoms with Gasteiger partial charge < -0.3 is 14.2 Å². The highest BCUT2D eigenvalue weighted by Crippen LogP contribution is 2.31. The minimum absolute atomic E-state index is 0.156. The van der Waals surface area contributed by atoms with E-state index >= 15 is 0 Å². The van der Waals surface area contributed by atoms with Crippen LogP contribution in [-0.4, -0.2) is 80.7 Å². The molecule has 0 saturated carbocycles. The Balaban J connectivity index is 1.23. The summed E-state index contributed by atoms with van der Waals surface area (Å²) in [6.07, 6.45) is 1.50. The quantitative estimate of drug-likeness (QED) is 0.220. The number of carbonyl (C=O) groups excluding carboxylic acids is 1. The van der Waals surface area contributed by atoms with Crippen molar-refractivity contribution in [1.82, 2.24) is 40.2 Å². The number of tetrazole rings is 1. The summed E-state index contributed by atoms with van der Waals surface area (Å²) in [6, 6.07) is 21.2. The van der Waals surface area contributed by atoms with Gasteiger partial charge in [0.25, 0.3) is 11.5 Å². The zero-order chi connectivity index (χ0) is 31.9. The first kappa shape index (κ1) is 31.0. The largest absolute Gasteiger partial charge is 0.484 e. The fourth-order valence-electron chi connectivity index (χ4n) is 5.45. The number of hydrazine groups is 1. The Labute approximate surface area is 265 Å². The molecule has 238 valence electrons. The number of hydrogen-bond acceptors (Lipinski definition) is 10. The highest BCUT2D eigenvalue weighted by molar-refractivity contribution is 5.81. The van der Waals surface area contributed by atoms with Gasteiger partial charge in [0.1, 0.15) is 18.3 Å². The van der Waals surface area contributed by atoms with Crippen LogP contribution in [0.5, 0.6) is 5.75 Å². The van der Waals surface area contributed by atoms with Gasteiger partial charge in [-0.15, -0.1) is 5.10 Å². The number of benzene rings is 3. The van der Waals surface area contributed by atoms with E-state index in [9.17, 15) is 9.59 Å². The molecule has 0 bridgehead atoms. The summed E-state index contributed by atoms with van der Waals surface area (Å²) in [4.78, 5) is 31.1. The first-order valence-electron chi connectivity index (χ1n) is 15.3. The minimum Gasteiger partial charge on any atom is -0.484 e. The van der Waals surface area contributed by atoms with Crippen LogP contribution in [0.25, 0.3) is 33.4 Å². The van der Waals surface area contributed by atoms with Gasteiger partial charge in [-0.2, -0.15) is 4.68 Å². The third-order valence-electron chi connectivity index (χ3n) is 7.70. The number of rotatable bonds is 12. The lowest BCUT2D eigenvalue weighted by Gasteiger charge is -2.26. The molecule has 1 aliphatic rings. The number of amides is 1. The Morgan fingerprint density at radius 1 is 1.02 bits per heavy atom. The molecular formula is C33H36N8O5. The first-order valence-corrected chi connectivity index (χ1v) is 15.3. The molecule has 2 aromatic heterocycles. The lowest BCUT2D eigenvalue weighted by molar-refractivity contribution is -0.130.